The molecule has 0 spiro atoms. The number of carbonyl (C=O) groups is 1. The second-order valence-electron chi connectivity index (χ2n) is 5.65. The molecule has 1 heterocycles. The van der Waals surface area contributed by atoms with E-state index in [1.165, 1.54) is 0 Å². The van der Waals surface area contributed by atoms with Crippen LogP contribution in [0.1, 0.15) is 36.7 Å². The Bertz CT molecular complexity index is 659. The number of hydrogen-bond acceptors (Lipinski definition) is 3. The van der Waals surface area contributed by atoms with Crippen molar-refractivity contribution in [3.8, 4) is 17.0 Å². The van der Waals surface area contributed by atoms with E-state index >= 15 is 0 Å². The Balaban J connectivity index is 2.58. The van der Waals surface area contributed by atoms with Crippen LogP contribution < -0.4 is 10.5 Å². The van der Waals surface area contributed by atoms with E-state index in [0.717, 1.165) is 5.56 Å². The molecule has 0 saturated carbocycles. The Morgan fingerprint density at radius 3 is 2.71 bits per heavy atom. The van der Waals surface area contributed by atoms with Gasteiger partial charge in [-0.3, -0.25) is 15.6 Å². The average Bonchev–Trinajstić information content (AvgIpc) is 2.85. The first-order chi connectivity index (χ1) is 9.81. The number of hydrogen-bond donors (Lipinski definition) is 1. The van der Waals surface area contributed by atoms with Crippen molar-refractivity contribution in [3.05, 3.63) is 35.5 Å². The van der Waals surface area contributed by atoms with Gasteiger partial charge in [0, 0.05) is 28.2 Å². The third-order valence-corrected chi connectivity index (χ3v) is 3.38. The first-order valence-electron chi connectivity index (χ1n) is 6.50. The van der Waals surface area contributed by atoms with E-state index < -0.39 is 5.91 Å². The van der Waals surface area contributed by atoms with Crippen LogP contribution >= 0.6 is 15.9 Å². The fourth-order valence-electron chi connectivity index (χ4n) is 1.93. The third kappa shape index (κ3) is 3.64. The fourth-order valence-corrected chi connectivity index (χ4v) is 2.35. The zero-order valence-electron chi connectivity index (χ0n) is 12.2. The maximum atomic E-state index is 11.3. The Morgan fingerprint density at radius 2 is 2.14 bits per heavy atom. The van der Waals surface area contributed by atoms with Crippen molar-refractivity contribution in [1.29, 1.82) is 0 Å². The van der Waals surface area contributed by atoms with Gasteiger partial charge in [-0.25, -0.2) is 0 Å². The number of aromatic amines is 1. The lowest BCUT2D eigenvalue weighted by molar-refractivity contribution is 0.0992. The molecule has 0 atom stereocenters. The summed E-state index contributed by atoms with van der Waals surface area (Å²) in [7, 11) is 0. The summed E-state index contributed by atoms with van der Waals surface area (Å²) >= 11 is 3.41. The molecule has 1 amide bonds. The van der Waals surface area contributed by atoms with Crippen LogP contribution in [-0.2, 0) is 5.33 Å². The molecule has 21 heavy (non-hydrogen) atoms. The van der Waals surface area contributed by atoms with E-state index in [-0.39, 0.29) is 5.60 Å². The Morgan fingerprint density at radius 1 is 1.43 bits per heavy atom. The summed E-state index contributed by atoms with van der Waals surface area (Å²) < 4.78 is 5.95. The van der Waals surface area contributed by atoms with Gasteiger partial charge in [0.2, 0.25) is 0 Å². The highest BCUT2D eigenvalue weighted by atomic mass is 79.9. The molecule has 2 rings (SSSR count). The number of carbonyl (C=O) groups excluding carboxylic acids is 1. The van der Waals surface area contributed by atoms with E-state index in [0.29, 0.717) is 27.9 Å². The van der Waals surface area contributed by atoms with Crippen molar-refractivity contribution in [2.24, 2.45) is 0 Å². The van der Waals surface area contributed by atoms with Crippen LogP contribution in [0, 0.1) is 0 Å². The molecule has 0 aliphatic carbocycles. The first-order valence-corrected chi connectivity index (χ1v) is 7.62. The van der Waals surface area contributed by atoms with Crippen LogP contribution in [0.3, 0.4) is 0 Å². The van der Waals surface area contributed by atoms with Gasteiger partial charge in [0.25, 0.3) is 5.91 Å². The van der Waals surface area contributed by atoms with Crippen molar-refractivity contribution in [2.75, 3.05) is 0 Å². The molecule has 0 aliphatic rings. The van der Waals surface area contributed by atoms with Crippen LogP contribution in [0.15, 0.2) is 24.4 Å². The molecule has 5 nitrogen and oxygen atoms in total. The standard InChI is InChI=1S/C15H17BrN3O2/c1-15(2,3)21-12-5-4-9(14(17)20)6-11(12)13-10(7-16)8-18-19-13/h4-6,8,17H,7H2,1-3H3,(H,18,19). The largest absolute Gasteiger partial charge is 0.487 e. The van der Waals surface area contributed by atoms with E-state index in [1.54, 1.807) is 24.4 Å². The monoisotopic (exact) mass is 350 g/mol. The van der Waals surface area contributed by atoms with E-state index in [1.807, 2.05) is 20.8 Å². The molecule has 2 N–H and O–H groups in total. The molecule has 1 aromatic carbocycles. The smallest absolute Gasteiger partial charge is 0.269 e. The predicted molar refractivity (Wildman–Crippen MR) is 84.5 cm³/mol. The van der Waals surface area contributed by atoms with E-state index in [4.69, 9.17) is 10.5 Å². The molecule has 0 fully saturated rings. The highest BCUT2D eigenvalue weighted by Crippen LogP contribution is 2.34. The lowest BCUT2D eigenvalue weighted by Gasteiger charge is -2.23. The van der Waals surface area contributed by atoms with Crippen molar-refractivity contribution in [3.63, 3.8) is 0 Å². The van der Waals surface area contributed by atoms with Crippen molar-refractivity contribution in [2.45, 2.75) is 31.7 Å². The van der Waals surface area contributed by atoms with Crippen LogP contribution in [0.4, 0.5) is 0 Å². The molecule has 111 valence electrons. The quantitative estimate of drug-likeness (QED) is 0.856. The molecule has 0 aliphatic heterocycles. The number of benzene rings is 1. The number of halogens is 1. The third-order valence-electron chi connectivity index (χ3n) is 2.78. The van der Waals surface area contributed by atoms with Crippen LogP contribution in [-0.4, -0.2) is 21.7 Å². The zero-order chi connectivity index (χ0) is 15.6. The number of ether oxygens (including phenoxy) is 1. The van der Waals surface area contributed by atoms with E-state index in [9.17, 15) is 4.79 Å². The summed E-state index contributed by atoms with van der Waals surface area (Å²) in [5.41, 5.74) is 9.60. The normalized spacial score (nSPS) is 11.4. The number of nitrogens with zero attached hydrogens (tertiary/aromatic N) is 1. The summed E-state index contributed by atoms with van der Waals surface area (Å²) in [6.07, 6.45) is 1.79. The Labute approximate surface area is 132 Å². The van der Waals surface area contributed by atoms with Gasteiger partial charge in [-0.15, -0.1) is 0 Å². The minimum absolute atomic E-state index is 0.315. The molecule has 6 heteroatoms. The molecule has 1 radical (unpaired) electrons. The van der Waals surface area contributed by atoms with Crippen molar-refractivity contribution in [1.82, 2.24) is 15.9 Å². The van der Waals surface area contributed by atoms with Gasteiger partial charge in [0.1, 0.15) is 11.4 Å². The van der Waals surface area contributed by atoms with Gasteiger partial charge in [0.05, 0.1) is 5.69 Å². The number of rotatable bonds is 4. The van der Waals surface area contributed by atoms with E-state index in [2.05, 4.69) is 26.1 Å². The zero-order valence-corrected chi connectivity index (χ0v) is 13.7. The van der Waals surface area contributed by atoms with Gasteiger partial charge >= 0.3 is 0 Å². The minimum Gasteiger partial charge on any atom is -0.487 e. The van der Waals surface area contributed by atoms with Gasteiger partial charge in [-0.1, -0.05) is 15.9 Å². The molecule has 0 bridgehead atoms. The topological polar surface area (TPSA) is 78.8 Å². The number of alkyl halides is 1. The maximum absolute atomic E-state index is 11.3. The average molecular weight is 351 g/mol. The van der Waals surface area contributed by atoms with Crippen LogP contribution in [0.25, 0.3) is 11.3 Å². The summed E-state index contributed by atoms with van der Waals surface area (Å²) in [5, 5.41) is 7.69. The number of aromatic nitrogens is 2. The highest BCUT2D eigenvalue weighted by molar-refractivity contribution is 9.08. The first kappa shape index (κ1) is 15.6. The second-order valence-corrected chi connectivity index (χ2v) is 6.21. The predicted octanol–water partition coefficient (Wildman–Crippen LogP) is 3.57. The number of amides is 1. The summed E-state index contributed by atoms with van der Waals surface area (Å²) in [5.74, 6) is -0.0868. The van der Waals surface area contributed by atoms with Crippen molar-refractivity contribution < 1.29 is 9.53 Å². The molecule has 0 unspecified atom stereocenters. The lowest BCUT2D eigenvalue weighted by Crippen LogP contribution is -2.23. The summed E-state index contributed by atoms with van der Waals surface area (Å²) in [6, 6.07) is 4.97. The number of H-pyrrole nitrogens is 1. The van der Waals surface area contributed by atoms with Gasteiger partial charge in [-0.2, -0.15) is 5.10 Å². The molecule has 2 aromatic rings. The minimum atomic E-state index is -0.727. The van der Waals surface area contributed by atoms with Gasteiger partial charge in [0.15, 0.2) is 0 Å². The highest BCUT2D eigenvalue weighted by Gasteiger charge is 2.20. The Kier molecular flexibility index (Phi) is 4.37. The number of nitrogens with one attached hydrogen (secondary N) is 2. The summed E-state index contributed by atoms with van der Waals surface area (Å²) in [6.45, 7) is 5.86. The SMILES string of the molecule is CC(C)(C)Oc1ccc(C([NH])=O)cc1-c1n[nH]cc1CBr. The molecular weight excluding hydrogens is 334 g/mol. The van der Waals surface area contributed by atoms with Crippen LogP contribution in [0.5, 0.6) is 5.75 Å². The fraction of sp³-hybridized carbons (Fsp3) is 0.333. The van der Waals surface area contributed by atoms with Gasteiger partial charge < -0.3 is 4.74 Å². The van der Waals surface area contributed by atoms with Gasteiger partial charge in [-0.05, 0) is 39.0 Å². The second kappa shape index (κ2) is 5.89. The Hall–Kier alpha value is -1.82. The molecular formula is C15H17BrN3O2. The molecule has 0 saturated heterocycles. The molecule has 1 aromatic heterocycles. The lowest BCUT2D eigenvalue weighted by atomic mass is 10.0. The maximum Gasteiger partial charge on any atom is 0.269 e. The summed E-state index contributed by atoms with van der Waals surface area (Å²) in [4.78, 5) is 11.3. The van der Waals surface area contributed by atoms with Crippen molar-refractivity contribution >= 4 is 21.8 Å². The van der Waals surface area contributed by atoms with Crippen LogP contribution in [0.2, 0.25) is 0 Å².